The SMILES string of the molecule is COc1ccc(CCCCOc2ccc(CO)nc2C=CCC(=O)O)cc1. The summed E-state index contributed by atoms with van der Waals surface area (Å²) in [6, 6.07) is 11.5. The molecule has 0 saturated carbocycles. The third-order valence-electron chi connectivity index (χ3n) is 3.95. The van der Waals surface area contributed by atoms with E-state index in [9.17, 15) is 9.90 Å². The van der Waals surface area contributed by atoms with E-state index in [1.807, 2.05) is 12.1 Å². The summed E-state index contributed by atoms with van der Waals surface area (Å²) in [7, 11) is 1.65. The number of aromatic nitrogens is 1. The molecule has 0 spiro atoms. The van der Waals surface area contributed by atoms with E-state index in [-0.39, 0.29) is 13.0 Å². The van der Waals surface area contributed by atoms with Gasteiger partial charge >= 0.3 is 5.97 Å². The van der Waals surface area contributed by atoms with Crippen LogP contribution in [0.3, 0.4) is 0 Å². The average molecular weight is 371 g/mol. The van der Waals surface area contributed by atoms with E-state index in [4.69, 9.17) is 14.6 Å². The van der Waals surface area contributed by atoms with Crippen LogP contribution in [0.25, 0.3) is 6.08 Å². The van der Waals surface area contributed by atoms with Crippen molar-refractivity contribution in [2.45, 2.75) is 32.3 Å². The zero-order valence-electron chi connectivity index (χ0n) is 15.4. The number of rotatable bonds is 11. The van der Waals surface area contributed by atoms with Crippen LogP contribution in [0.4, 0.5) is 0 Å². The van der Waals surface area contributed by atoms with Crippen molar-refractivity contribution in [2.24, 2.45) is 0 Å². The molecule has 0 fully saturated rings. The molecule has 1 heterocycles. The number of aliphatic hydroxyl groups excluding tert-OH is 1. The van der Waals surface area contributed by atoms with Gasteiger partial charge in [-0.3, -0.25) is 4.79 Å². The molecule has 0 atom stereocenters. The minimum atomic E-state index is -0.912. The molecule has 1 aromatic heterocycles. The van der Waals surface area contributed by atoms with Gasteiger partial charge in [-0.05, 0) is 55.2 Å². The largest absolute Gasteiger partial charge is 0.497 e. The van der Waals surface area contributed by atoms with Crippen molar-refractivity contribution in [1.29, 1.82) is 0 Å². The number of benzene rings is 1. The fourth-order valence-corrected chi connectivity index (χ4v) is 2.51. The second-order valence-corrected chi connectivity index (χ2v) is 6.00. The number of aliphatic carboxylic acids is 1. The summed E-state index contributed by atoms with van der Waals surface area (Å²) < 4.78 is 11.0. The number of methoxy groups -OCH3 is 1. The number of carboxylic acid groups (broad SMARTS) is 1. The second-order valence-electron chi connectivity index (χ2n) is 6.00. The highest BCUT2D eigenvalue weighted by Crippen LogP contribution is 2.20. The lowest BCUT2D eigenvalue weighted by Gasteiger charge is -2.10. The van der Waals surface area contributed by atoms with E-state index in [2.05, 4.69) is 17.1 Å². The predicted molar refractivity (Wildman–Crippen MR) is 103 cm³/mol. The summed E-state index contributed by atoms with van der Waals surface area (Å²) in [4.78, 5) is 14.9. The first kappa shape index (κ1) is 20.5. The number of aryl methyl sites for hydroxylation is 1. The van der Waals surface area contributed by atoms with Crippen molar-refractivity contribution in [3.8, 4) is 11.5 Å². The van der Waals surface area contributed by atoms with Crippen LogP contribution in [0.1, 0.15) is 36.2 Å². The Hall–Kier alpha value is -2.86. The molecule has 27 heavy (non-hydrogen) atoms. The van der Waals surface area contributed by atoms with Gasteiger partial charge in [0, 0.05) is 0 Å². The Morgan fingerprint density at radius 2 is 1.93 bits per heavy atom. The maximum atomic E-state index is 10.6. The Labute approximate surface area is 159 Å². The van der Waals surface area contributed by atoms with Gasteiger partial charge in [0.05, 0.1) is 32.4 Å². The molecule has 0 unspecified atom stereocenters. The topological polar surface area (TPSA) is 88.9 Å². The summed E-state index contributed by atoms with van der Waals surface area (Å²) in [6.45, 7) is 0.359. The summed E-state index contributed by atoms with van der Waals surface area (Å²) in [5.41, 5.74) is 2.29. The average Bonchev–Trinajstić information content (AvgIpc) is 2.68. The molecule has 6 heteroatoms. The van der Waals surface area contributed by atoms with Crippen LogP contribution < -0.4 is 9.47 Å². The number of hydrogen-bond donors (Lipinski definition) is 2. The van der Waals surface area contributed by atoms with Crippen LogP contribution in [-0.2, 0) is 17.8 Å². The van der Waals surface area contributed by atoms with Crippen LogP contribution in [0.2, 0.25) is 0 Å². The number of pyridine rings is 1. The lowest BCUT2D eigenvalue weighted by atomic mass is 10.1. The summed E-state index contributed by atoms with van der Waals surface area (Å²) in [6.07, 6.45) is 5.86. The molecule has 0 radical (unpaired) electrons. The van der Waals surface area contributed by atoms with Gasteiger partial charge in [0.2, 0.25) is 0 Å². The van der Waals surface area contributed by atoms with Crippen LogP contribution in [0, 0.1) is 0 Å². The highest BCUT2D eigenvalue weighted by atomic mass is 16.5. The third kappa shape index (κ3) is 7.11. The summed E-state index contributed by atoms with van der Waals surface area (Å²) >= 11 is 0. The van der Waals surface area contributed by atoms with Crippen molar-refractivity contribution in [3.63, 3.8) is 0 Å². The first-order valence-electron chi connectivity index (χ1n) is 8.87. The highest BCUT2D eigenvalue weighted by molar-refractivity contribution is 5.70. The van der Waals surface area contributed by atoms with Crippen molar-refractivity contribution >= 4 is 12.0 Å². The lowest BCUT2D eigenvalue weighted by molar-refractivity contribution is -0.135. The molecule has 0 amide bonds. The van der Waals surface area contributed by atoms with Crippen LogP contribution >= 0.6 is 0 Å². The number of nitrogens with zero attached hydrogens (tertiary/aromatic N) is 1. The van der Waals surface area contributed by atoms with Gasteiger partial charge in [0.1, 0.15) is 17.2 Å². The molecule has 6 nitrogen and oxygen atoms in total. The van der Waals surface area contributed by atoms with E-state index in [1.54, 1.807) is 25.3 Å². The quantitative estimate of drug-likeness (QED) is 0.588. The summed E-state index contributed by atoms with van der Waals surface area (Å²) in [5.74, 6) is 0.522. The molecule has 0 aliphatic rings. The van der Waals surface area contributed by atoms with Crippen molar-refractivity contribution in [2.75, 3.05) is 13.7 Å². The van der Waals surface area contributed by atoms with Gasteiger partial charge in [-0.2, -0.15) is 0 Å². The first-order valence-corrected chi connectivity index (χ1v) is 8.87. The molecular formula is C21H25NO5. The molecule has 2 aromatic rings. The molecule has 144 valence electrons. The van der Waals surface area contributed by atoms with E-state index in [0.29, 0.717) is 23.7 Å². The maximum Gasteiger partial charge on any atom is 0.307 e. The minimum Gasteiger partial charge on any atom is -0.497 e. The second kappa shape index (κ2) is 11.0. The molecule has 0 saturated heterocycles. The normalized spacial score (nSPS) is 10.9. The molecule has 2 N–H and O–H groups in total. The van der Waals surface area contributed by atoms with Crippen LogP contribution in [-0.4, -0.2) is 34.9 Å². The molecule has 0 bridgehead atoms. The Kier molecular flexibility index (Phi) is 8.32. The lowest BCUT2D eigenvalue weighted by Crippen LogP contribution is -2.02. The smallest absolute Gasteiger partial charge is 0.307 e. The van der Waals surface area contributed by atoms with Gasteiger partial charge in [0.25, 0.3) is 0 Å². The van der Waals surface area contributed by atoms with Crippen LogP contribution in [0.5, 0.6) is 11.5 Å². The minimum absolute atomic E-state index is 0.0909. The van der Waals surface area contributed by atoms with Gasteiger partial charge in [-0.25, -0.2) is 4.98 Å². The molecule has 0 aliphatic carbocycles. The first-order chi connectivity index (χ1) is 13.1. The predicted octanol–water partition coefficient (Wildman–Crippen LogP) is 3.47. The van der Waals surface area contributed by atoms with Crippen molar-refractivity contribution in [1.82, 2.24) is 4.98 Å². The Balaban J connectivity index is 1.84. The van der Waals surface area contributed by atoms with E-state index in [1.165, 1.54) is 11.6 Å². The number of ether oxygens (including phenoxy) is 2. The van der Waals surface area contributed by atoms with E-state index >= 15 is 0 Å². The van der Waals surface area contributed by atoms with E-state index < -0.39 is 5.97 Å². The molecular weight excluding hydrogens is 346 g/mol. The number of carboxylic acids is 1. The standard InChI is InChI=1S/C21H25NO5/c1-26-18-11-8-16(9-12-18)5-2-3-14-27-20-13-10-17(15-23)22-19(20)6-4-7-21(24)25/h4,6,8-13,23H,2-3,5,7,14-15H2,1H3,(H,24,25). The summed E-state index contributed by atoms with van der Waals surface area (Å²) in [5, 5.41) is 18.0. The number of aliphatic hydroxyl groups is 1. The monoisotopic (exact) mass is 371 g/mol. The van der Waals surface area contributed by atoms with Gasteiger partial charge in [-0.1, -0.05) is 18.2 Å². The zero-order valence-corrected chi connectivity index (χ0v) is 15.4. The van der Waals surface area contributed by atoms with Gasteiger partial charge in [-0.15, -0.1) is 0 Å². The van der Waals surface area contributed by atoms with Crippen molar-refractivity contribution in [3.05, 3.63) is 59.4 Å². The Bertz CT molecular complexity index is 756. The molecule has 2 rings (SSSR count). The highest BCUT2D eigenvalue weighted by Gasteiger charge is 2.05. The molecule has 1 aromatic carbocycles. The fourth-order valence-electron chi connectivity index (χ4n) is 2.51. The fraction of sp³-hybridized carbons (Fsp3) is 0.333. The Morgan fingerprint density at radius 3 is 2.59 bits per heavy atom. The number of unbranched alkanes of at least 4 members (excludes halogenated alkanes) is 1. The van der Waals surface area contributed by atoms with Crippen molar-refractivity contribution < 1.29 is 24.5 Å². The maximum absolute atomic E-state index is 10.6. The van der Waals surface area contributed by atoms with E-state index in [0.717, 1.165) is 25.0 Å². The third-order valence-corrected chi connectivity index (χ3v) is 3.95. The van der Waals surface area contributed by atoms with Crippen LogP contribution in [0.15, 0.2) is 42.5 Å². The number of hydrogen-bond acceptors (Lipinski definition) is 5. The van der Waals surface area contributed by atoms with Gasteiger partial charge in [0.15, 0.2) is 0 Å². The molecule has 0 aliphatic heterocycles. The zero-order chi connectivity index (χ0) is 19.5. The Morgan fingerprint density at radius 1 is 1.15 bits per heavy atom. The number of carbonyl (C=O) groups is 1. The van der Waals surface area contributed by atoms with Gasteiger partial charge < -0.3 is 19.7 Å².